The summed E-state index contributed by atoms with van der Waals surface area (Å²) in [5, 5.41) is 28.0. The molecule has 0 saturated carbocycles. The van der Waals surface area contributed by atoms with Gasteiger partial charge < -0.3 is 9.94 Å². The number of hydrogen-bond donors (Lipinski definition) is 2. The summed E-state index contributed by atoms with van der Waals surface area (Å²) >= 11 is 0. The number of rotatable bonds is 11. The lowest BCUT2D eigenvalue weighted by atomic mass is 9.70. The fourth-order valence-electron chi connectivity index (χ4n) is 3.26. The van der Waals surface area contributed by atoms with E-state index in [0.717, 1.165) is 0 Å². The number of carbonyl (C=O) groups is 2. The van der Waals surface area contributed by atoms with E-state index in [0.29, 0.717) is 23.5 Å². The summed E-state index contributed by atoms with van der Waals surface area (Å²) in [5.74, 6) is -0.841. The molecule has 2 rings (SSSR count). The minimum Gasteiger partial charge on any atom is -0.389 e. The number of aliphatic hydroxyl groups excluding tert-OH is 1. The SMILES string of the molecule is CCC(C)(CC(C)(C)C(=O)ONc1ccc(N=Nc2ccc([N+](=O)[O-])cc2)cc1)C(=O)CO. The van der Waals surface area contributed by atoms with E-state index in [1.54, 1.807) is 45.0 Å². The number of benzene rings is 2. The molecule has 33 heavy (non-hydrogen) atoms. The molecule has 0 fully saturated rings. The van der Waals surface area contributed by atoms with Crippen LogP contribution in [0.1, 0.15) is 40.5 Å². The van der Waals surface area contributed by atoms with Gasteiger partial charge in [-0.25, -0.2) is 10.3 Å². The number of anilines is 1. The van der Waals surface area contributed by atoms with Gasteiger partial charge in [-0.3, -0.25) is 14.9 Å². The Morgan fingerprint density at radius 3 is 2.00 bits per heavy atom. The van der Waals surface area contributed by atoms with Crippen molar-refractivity contribution in [1.82, 2.24) is 0 Å². The number of nitro groups is 1. The normalized spacial score (nSPS) is 13.4. The Hall–Kier alpha value is -3.66. The molecule has 10 heteroatoms. The standard InChI is InChI=1S/C23H28N4O6/c1-5-23(4,20(29)14-28)15-22(2,3)21(30)33-26-18-8-6-16(7-9-18)24-25-17-10-12-19(13-11-17)27(31)32/h6-13,26,28H,5,14-15H2,1-4H3. The molecule has 2 aromatic carbocycles. The van der Waals surface area contributed by atoms with Crippen molar-refractivity contribution in [3.8, 4) is 0 Å². The predicted molar refractivity (Wildman–Crippen MR) is 122 cm³/mol. The summed E-state index contributed by atoms with van der Waals surface area (Å²) in [6, 6.07) is 12.3. The molecule has 10 nitrogen and oxygen atoms in total. The first kappa shape index (κ1) is 25.6. The van der Waals surface area contributed by atoms with Crippen molar-refractivity contribution in [3.63, 3.8) is 0 Å². The molecular weight excluding hydrogens is 428 g/mol. The Kier molecular flexibility index (Phi) is 8.36. The van der Waals surface area contributed by atoms with E-state index in [1.165, 1.54) is 24.3 Å². The highest BCUT2D eigenvalue weighted by molar-refractivity contribution is 5.86. The molecule has 0 heterocycles. The highest BCUT2D eigenvalue weighted by Crippen LogP contribution is 2.38. The van der Waals surface area contributed by atoms with Gasteiger partial charge in [-0.2, -0.15) is 10.2 Å². The number of nitro benzene ring substituents is 1. The second-order valence-electron chi connectivity index (χ2n) is 8.57. The van der Waals surface area contributed by atoms with Gasteiger partial charge in [0.25, 0.3) is 5.69 Å². The minimum absolute atomic E-state index is 0.0265. The molecule has 176 valence electrons. The number of aliphatic hydroxyl groups is 1. The Labute approximate surface area is 191 Å². The van der Waals surface area contributed by atoms with Gasteiger partial charge in [0.05, 0.1) is 27.4 Å². The molecule has 0 aliphatic rings. The van der Waals surface area contributed by atoms with Gasteiger partial charge in [0.1, 0.15) is 6.61 Å². The largest absolute Gasteiger partial charge is 0.389 e. The number of hydrogen-bond acceptors (Lipinski definition) is 9. The van der Waals surface area contributed by atoms with Crippen molar-refractivity contribution in [1.29, 1.82) is 0 Å². The maximum atomic E-state index is 12.6. The van der Waals surface area contributed by atoms with Gasteiger partial charge in [-0.05, 0) is 63.1 Å². The molecule has 0 aliphatic carbocycles. The number of nitrogens with one attached hydrogen (secondary N) is 1. The van der Waals surface area contributed by atoms with Crippen molar-refractivity contribution >= 4 is 34.5 Å². The lowest BCUT2D eigenvalue weighted by Gasteiger charge is -2.33. The van der Waals surface area contributed by atoms with E-state index in [-0.39, 0.29) is 17.9 Å². The average Bonchev–Trinajstić information content (AvgIpc) is 2.81. The second-order valence-corrected chi connectivity index (χ2v) is 8.57. The summed E-state index contributed by atoms with van der Waals surface area (Å²) in [6.45, 7) is 6.39. The first-order valence-corrected chi connectivity index (χ1v) is 10.4. The van der Waals surface area contributed by atoms with Crippen LogP contribution in [0.25, 0.3) is 0 Å². The first-order valence-electron chi connectivity index (χ1n) is 10.4. The van der Waals surface area contributed by atoms with E-state index in [4.69, 9.17) is 4.84 Å². The molecule has 2 aromatic rings. The van der Waals surface area contributed by atoms with E-state index in [1.807, 2.05) is 6.92 Å². The molecule has 0 amide bonds. The quantitative estimate of drug-likeness (QED) is 0.266. The molecule has 1 atom stereocenters. The number of azo groups is 1. The zero-order chi connectivity index (χ0) is 24.6. The van der Waals surface area contributed by atoms with Crippen molar-refractivity contribution in [2.45, 2.75) is 40.5 Å². The summed E-state index contributed by atoms with van der Waals surface area (Å²) in [4.78, 5) is 40.1. The fourth-order valence-corrected chi connectivity index (χ4v) is 3.26. The number of Topliss-reactive ketones (excluding diaryl/α,β-unsaturated/α-hetero) is 1. The van der Waals surface area contributed by atoms with Crippen LogP contribution in [0.5, 0.6) is 0 Å². The molecule has 0 saturated heterocycles. The number of non-ortho nitro benzene ring substituents is 1. The van der Waals surface area contributed by atoms with Crippen molar-refractivity contribution in [3.05, 3.63) is 58.6 Å². The molecule has 0 radical (unpaired) electrons. The maximum absolute atomic E-state index is 12.6. The molecular formula is C23H28N4O6. The predicted octanol–water partition coefficient (Wildman–Crippen LogP) is 5.27. The number of nitrogens with zero attached hydrogens (tertiary/aromatic N) is 3. The molecule has 0 aliphatic heterocycles. The van der Waals surface area contributed by atoms with E-state index >= 15 is 0 Å². The van der Waals surface area contributed by atoms with E-state index in [2.05, 4.69) is 15.7 Å². The Morgan fingerprint density at radius 1 is 1.03 bits per heavy atom. The van der Waals surface area contributed by atoms with Crippen LogP contribution in [0, 0.1) is 20.9 Å². The van der Waals surface area contributed by atoms with Crippen LogP contribution in [0.15, 0.2) is 58.8 Å². The van der Waals surface area contributed by atoms with Gasteiger partial charge in [-0.1, -0.05) is 13.8 Å². The smallest absolute Gasteiger partial charge is 0.337 e. The molecule has 0 aromatic heterocycles. The van der Waals surface area contributed by atoms with Gasteiger partial charge in [0.15, 0.2) is 5.78 Å². The summed E-state index contributed by atoms with van der Waals surface area (Å²) < 4.78 is 0. The van der Waals surface area contributed by atoms with Crippen LogP contribution < -0.4 is 5.48 Å². The Balaban J connectivity index is 1.95. The summed E-state index contributed by atoms with van der Waals surface area (Å²) in [6.07, 6.45) is 0.727. The van der Waals surface area contributed by atoms with Crippen molar-refractivity contribution < 1.29 is 24.5 Å². The lowest BCUT2D eigenvalue weighted by molar-refractivity contribution is -0.384. The monoisotopic (exact) mass is 456 g/mol. The van der Waals surface area contributed by atoms with E-state index in [9.17, 15) is 24.8 Å². The van der Waals surface area contributed by atoms with Gasteiger partial charge in [-0.15, -0.1) is 0 Å². The van der Waals surface area contributed by atoms with Crippen LogP contribution >= 0.6 is 0 Å². The van der Waals surface area contributed by atoms with Gasteiger partial charge in [0, 0.05) is 17.5 Å². The van der Waals surface area contributed by atoms with Crippen molar-refractivity contribution in [2.24, 2.45) is 21.1 Å². The Bertz CT molecular complexity index is 1020. The van der Waals surface area contributed by atoms with E-state index < -0.39 is 28.3 Å². The average molecular weight is 456 g/mol. The zero-order valence-electron chi connectivity index (χ0n) is 19.1. The molecule has 2 N–H and O–H groups in total. The van der Waals surface area contributed by atoms with Gasteiger partial charge in [0.2, 0.25) is 0 Å². The fraction of sp³-hybridized carbons (Fsp3) is 0.391. The van der Waals surface area contributed by atoms with Crippen LogP contribution in [-0.4, -0.2) is 28.4 Å². The topological polar surface area (TPSA) is 143 Å². The number of carbonyl (C=O) groups excluding carboxylic acids is 2. The third-order valence-corrected chi connectivity index (χ3v) is 5.45. The second kappa shape index (κ2) is 10.8. The van der Waals surface area contributed by atoms with Crippen LogP contribution in [0.2, 0.25) is 0 Å². The highest BCUT2D eigenvalue weighted by atomic mass is 16.7. The third kappa shape index (κ3) is 6.91. The van der Waals surface area contributed by atoms with Gasteiger partial charge >= 0.3 is 5.97 Å². The third-order valence-electron chi connectivity index (χ3n) is 5.45. The number of ketones is 1. The molecule has 0 bridgehead atoms. The first-order chi connectivity index (χ1) is 15.5. The minimum atomic E-state index is -0.957. The maximum Gasteiger partial charge on any atom is 0.337 e. The molecule has 0 spiro atoms. The molecule has 1 unspecified atom stereocenters. The highest BCUT2D eigenvalue weighted by Gasteiger charge is 2.41. The Morgan fingerprint density at radius 2 is 1.55 bits per heavy atom. The van der Waals surface area contributed by atoms with Crippen LogP contribution in [0.3, 0.4) is 0 Å². The summed E-state index contributed by atoms with van der Waals surface area (Å²) in [7, 11) is 0. The summed E-state index contributed by atoms with van der Waals surface area (Å²) in [5.41, 5.74) is 2.30. The van der Waals surface area contributed by atoms with Crippen LogP contribution in [-0.2, 0) is 14.4 Å². The van der Waals surface area contributed by atoms with Crippen LogP contribution in [0.4, 0.5) is 22.7 Å². The lowest BCUT2D eigenvalue weighted by Crippen LogP contribution is -2.39. The zero-order valence-corrected chi connectivity index (χ0v) is 19.1. The van der Waals surface area contributed by atoms with Crippen molar-refractivity contribution in [2.75, 3.05) is 12.1 Å².